The summed E-state index contributed by atoms with van der Waals surface area (Å²) < 4.78 is 5.06. The zero-order chi connectivity index (χ0) is 9.97. The number of fused-ring (bicyclic) bond motifs is 1. The molecule has 0 bridgehead atoms. The Balaban J connectivity index is 2.24. The number of ether oxygens (including phenoxy) is 1. The van der Waals surface area contributed by atoms with Crippen LogP contribution in [-0.4, -0.2) is 24.9 Å². The molecule has 0 saturated heterocycles. The van der Waals surface area contributed by atoms with Gasteiger partial charge in [0.25, 0.3) is 0 Å². The number of aliphatic hydroxyl groups excluding tert-OH is 1. The van der Waals surface area contributed by atoms with E-state index in [0.717, 1.165) is 17.7 Å². The summed E-state index contributed by atoms with van der Waals surface area (Å²) in [5, 5.41) is 12.7. The zero-order valence-electron chi connectivity index (χ0n) is 8.29. The lowest BCUT2D eigenvalue weighted by molar-refractivity contribution is 0.181. The Hall–Kier alpha value is -1.06. The molecule has 3 nitrogen and oxygen atoms in total. The second-order valence-corrected chi connectivity index (χ2v) is 3.66. The molecular formula is C11H15NO2. The summed E-state index contributed by atoms with van der Waals surface area (Å²) in [6.07, 6.45) is 0.472. The van der Waals surface area contributed by atoms with Gasteiger partial charge in [-0.3, -0.25) is 0 Å². The quantitative estimate of drug-likeness (QED) is 0.740. The average molecular weight is 193 g/mol. The molecule has 1 unspecified atom stereocenters. The highest BCUT2D eigenvalue weighted by molar-refractivity contribution is 5.54. The summed E-state index contributed by atoms with van der Waals surface area (Å²) >= 11 is 0. The highest BCUT2D eigenvalue weighted by atomic mass is 16.5. The first-order valence-electron chi connectivity index (χ1n) is 4.82. The Bertz CT molecular complexity index is 325. The molecule has 0 radical (unpaired) electrons. The molecule has 1 aliphatic rings. The van der Waals surface area contributed by atoms with Crippen LogP contribution in [0.2, 0.25) is 0 Å². The first-order valence-corrected chi connectivity index (χ1v) is 4.82. The van der Waals surface area contributed by atoms with E-state index in [1.54, 1.807) is 7.11 Å². The number of hydrogen-bond acceptors (Lipinski definition) is 3. The van der Waals surface area contributed by atoms with Crippen molar-refractivity contribution in [3.8, 4) is 0 Å². The summed E-state index contributed by atoms with van der Waals surface area (Å²) in [5.41, 5.74) is 3.47. The van der Waals surface area contributed by atoms with E-state index in [9.17, 15) is 5.11 Å². The Morgan fingerprint density at radius 1 is 1.57 bits per heavy atom. The second kappa shape index (κ2) is 3.98. The van der Waals surface area contributed by atoms with Gasteiger partial charge in [-0.25, -0.2) is 0 Å². The smallest absolute Gasteiger partial charge is 0.0753 e. The molecule has 0 amide bonds. The van der Waals surface area contributed by atoms with E-state index in [-0.39, 0.29) is 6.10 Å². The minimum atomic E-state index is -0.264. The Morgan fingerprint density at radius 2 is 2.43 bits per heavy atom. The maximum Gasteiger partial charge on any atom is 0.0753 e. The van der Waals surface area contributed by atoms with Gasteiger partial charge in [-0.1, -0.05) is 12.1 Å². The molecule has 0 aliphatic carbocycles. The van der Waals surface area contributed by atoms with Crippen molar-refractivity contribution in [2.45, 2.75) is 19.1 Å². The fourth-order valence-electron chi connectivity index (χ4n) is 1.80. The fraction of sp³-hybridized carbons (Fsp3) is 0.455. The third-order valence-corrected chi connectivity index (χ3v) is 2.46. The minimum absolute atomic E-state index is 0.264. The van der Waals surface area contributed by atoms with Crippen LogP contribution in [0.1, 0.15) is 11.1 Å². The van der Waals surface area contributed by atoms with Crippen LogP contribution in [0, 0.1) is 0 Å². The van der Waals surface area contributed by atoms with Crippen molar-refractivity contribution in [3.63, 3.8) is 0 Å². The molecule has 0 saturated carbocycles. The molecule has 3 heteroatoms. The predicted molar refractivity (Wildman–Crippen MR) is 55.4 cm³/mol. The molecule has 2 N–H and O–H groups in total. The van der Waals surface area contributed by atoms with Crippen LogP contribution in [-0.2, 0) is 17.8 Å². The van der Waals surface area contributed by atoms with E-state index in [0.29, 0.717) is 13.2 Å². The van der Waals surface area contributed by atoms with Gasteiger partial charge in [0.2, 0.25) is 0 Å². The van der Waals surface area contributed by atoms with E-state index in [1.165, 1.54) is 5.56 Å². The van der Waals surface area contributed by atoms with Gasteiger partial charge in [-0.05, 0) is 17.2 Å². The van der Waals surface area contributed by atoms with Crippen LogP contribution < -0.4 is 5.32 Å². The highest BCUT2D eigenvalue weighted by Crippen LogP contribution is 2.23. The molecule has 2 rings (SSSR count). The van der Waals surface area contributed by atoms with Gasteiger partial charge < -0.3 is 15.2 Å². The van der Waals surface area contributed by atoms with Gasteiger partial charge in [0.05, 0.1) is 12.7 Å². The maximum absolute atomic E-state index is 9.48. The Kier molecular flexibility index (Phi) is 2.70. The van der Waals surface area contributed by atoms with Crippen LogP contribution in [0.3, 0.4) is 0 Å². The number of rotatable bonds is 2. The van der Waals surface area contributed by atoms with Crippen LogP contribution in [0.5, 0.6) is 0 Å². The van der Waals surface area contributed by atoms with Crippen molar-refractivity contribution in [3.05, 3.63) is 29.3 Å². The number of benzene rings is 1. The van der Waals surface area contributed by atoms with E-state index < -0.39 is 0 Å². The minimum Gasteiger partial charge on any atom is -0.391 e. The third-order valence-electron chi connectivity index (χ3n) is 2.46. The predicted octanol–water partition coefficient (Wildman–Crippen LogP) is 1.16. The fourth-order valence-corrected chi connectivity index (χ4v) is 1.80. The lowest BCUT2D eigenvalue weighted by atomic mass is 9.99. The monoisotopic (exact) mass is 193 g/mol. The first kappa shape index (κ1) is 9.49. The average Bonchev–Trinajstić information content (AvgIpc) is 2.17. The zero-order valence-corrected chi connectivity index (χ0v) is 8.29. The SMILES string of the molecule is COCc1ccc2c(c1)CC(O)CN2. The van der Waals surface area contributed by atoms with Crippen molar-refractivity contribution in [2.24, 2.45) is 0 Å². The Labute approximate surface area is 83.7 Å². The van der Waals surface area contributed by atoms with Gasteiger partial charge >= 0.3 is 0 Å². The molecule has 1 aromatic carbocycles. The molecule has 1 heterocycles. The lowest BCUT2D eigenvalue weighted by Crippen LogP contribution is -2.27. The van der Waals surface area contributed by atoms with Gasteiger partial charge in [0, 0.05) is 25.8 Å². The lowest BCUT2D eigenvalue weighted by Gasteiger charge is -2.22. The standard InChI is InChI=1S/C11H15NO2/c1-14-7-8-2-3-11-9(4-8)5-10(13)6-12-11/h2-4,10,12-13H,5-7H2,1H3. The van der Waals surface area contributed by atoms with E-state index in [2.05, 4.69) is 17.4 Å². The topological polar surface area (TPSA) is 41.5 Å². The Morgan fingerprint density at radius 3 is 3.21 bits per heavy atom. The van der Waals surface area contributed by atoms with Gasteiger partial charge in [0.15, 0.2) is 0 Å². The van der Waals surface area contributed by atoms with Gasteiger partial charge in [-0.15, -0.1) is 0 Å². The number of methoxy groups -OCH3 is 1. The van der Waals surface area contributed by atoms with Crippen molar-refractivity contribution in [2.75, 3.05) is 19.0 Å². The maximum atomic E-state index is 9.48. The largest absolute Gasteiger partial charge is 0.391 e. The van der Waals surface area contributed by atoms with E-state index in [1.807, 2.05) is 6.07 Å². The molecule has 1 aliphatic heterocycles. The summed E-state index contributed by atoms with van der Waals surface area (Å²) in [7, 11) is 1.69. The number of hydrogen-bond donors (Lipinski definition) is 2. The number of aliphatic hydroxyl groups is 1. The van der Waals surface area contributed by atoms with Crippen molar-refractivity contribution in [1.82, 2.24) is 0 Å². The molecule has 0 aromatic heterocycles. The number of β-amino-alcohol motifs (C(OH)–C–C–N with tert-alkyl or cyclic N) is 1. The van der Waals surface area contributed by atoms with E-state index >= 15 is 0 Å². The first-order chi connectivity index (χ1) is 6.79. The number of nitrogens with one attached hydrogen (secondary N) is 1. The molecule has 76 valence electrons. The van der Waals surface area contributed by atoms with Gasteiger partial charge in [0.1, 0.15) is 0 Å². The number of anilines is 1. The molecule has 1 atom stereocenters. The summed E-state index contributed by atoms with van der Waals surface area (Å²) in [6.45, 7) is 1.28. The molecule has 0 fully saturated rings. The van der Waals surface area contributed by atoms with Crippen LogP contribution in [0.25, 0.3) is 0 Å². The molecule has 14 heavy (non-hydrogen) atoms. The molecule has 0 spiro atoms. The van der Waals surface area contributed by atoms with Crippen molar-refractivity contribution < 1.29 is 9.84 Å². The van der Waals surface area contributed by atoms with Crippen LogP contribution in [0.4, 0.5) is 5.69 Å². The second-order valence-electron chi connectivity index (χ2n) is 3.66. The van der Waals surface area contributed by atoms with E-state index in [4.69, 9.17) is 4.74 Å². The molecule has 1 aromatic rings. The normalized spacial score (nSPS) is 20.0. The van der Waals surface area contributed by atoms with Crippen LogP contribution >= 0.6 is 0 Å². The van der Waals surface area contributed by atoms with Crippen molar-refractivity contribution >= 4 is 5.69 Å². The highest BCUT2D eigenvalue weighted by Gasteiger charge is 2.15. The van der Waals surface area contributed by atoms with Crippen LogP contribution in [0.15, 0.2) is 18.2 Å². The molecular weight excluding hydrogens is 178 g/mol. The summed E-state index contributed by atoms with van der Waals surface area (Å²) in [5.74, 6) is 0. The van der Waals surface area contributed by atoms with Gasteiger partial charge in [-0.2, -0.15) is 0 Å². The third kappa shape index (κ3) is 1.89. The van der Waals surface area contributed by atoms with Crippen molar-refractivity contribution in [1.29, 1.82) is 0 Å². The summed E-state index contributed by atoms with van der Waals surface area (Å²) in [4.78, 5) is 0. The summed E-state index contributed by atoms with van der Waals surface area (Å²) in [6, 6.07) is 6.19.